The Bertz CT molecular complexity index is 715. The van der Waals surface area contributed by atoms with Gasteiger partial charge in [-0.2, -0.15) is 28.8 Å². The molecule has 0 aliphatic heterocycles. The number of hydrogen-bond acceptors (Lipinski definition) is 8. The van der Waals surface area contributed by atoms with Crippen LogP contribution in [0.4, 0.5) is 0 Å². The molecule has 0 atom stereocenters. The van der Waals surface area contributed by atoms with E-state index in [4.69, 9.17) is 16.9 Å². The summed E-state index contributed by atoms with van der Waals surface area (Å²) in [5.41, 5.74) is 0.905. The normalized spacial score (nSPS) is 11.2. The first kappa shape index (κ1) is 20.9. The first-order valence-corrected chi connectivity index (χ1v) is 11.6. The van der Waals surface area contributed by atoms with E-state index in [1.165, 1.54) is 6.08 Å². The lowest BCUT2D eigenvalue weighted by Gasteiger charge is -2.12. The molecule has 2 rings (SSSR count). The zero-order valence-corrected chi connectivity index (χ0v) is 17.4. The lowest BCUT2D eigenvalue weighted by molar-refractivity contribution is 0.728. The molecule has 0 aromatic carbocycles. The third-order valence-electron chi connectivity index (χ3n) is 3.12. The van der Waals surface area contributed by atoms with E-state index in [2.05, 4.69) is 26.7 Å². The van der Waals surface area contributed by atoms with Crippen molar-refractivity contribution in [2.45, 2.75) is 11.5 Å². The summed E-state index contributed by atoms with van der Waals surface area (Å²) in [5.74, 6) is 4.32. The van der Waals surface area contributed by atoms with E-state index in [0.717, 1.165) is 52.6 Å². The van der Waals surface area contributed by atoms with E-state index in [9.17, 15) is 0 Å². The van der Waals surface area contributed by atoms with Crippen LogP contribution in [0.15, 0.2) is 41.8 Å². The van der Waals surface area contributed by atoms with Crippen molar-refractivity contribution in [3.05, 3.63) is 57.5 Å². The maximum atomic E-state index is 8.90. The van der Waals surface area contributed by atoms with Crippen molar-refractivity contribution in [1.29, 1.82) is 5.26 Å². The largest absolute Gasteiger partial charge is 0.370 e. The minimum absolute atomic E-state index is 0.704. The second-order valence-corrected chi connectivity index (χ2v) is 8.60. The Kier molecular flexibility index (Phi) is 10.4. The minimum Gasteiger partial charge on any atom is -0.370 e. The number of thiazole rings is 1. The van der Waals surface area contributed by atoms with Gasteiger partial charge >= 0.3 is 0 Å². The number of hydrogen-bond donors (Lipinski definition) is 2. The average Bonchev–Trinajstić information content (AvgIpc) is 3.16. The van der Waals surface area contributed by atoms with Crippen molar-refractivity contribution in [3.8, 4) is 6.07 Å². The summed E-state index contributed by atoms with van der Waals surface area (Å²) >= 11 is 11.3. The van der Waals surface area contributed by atoms with Crippen molar-refractivity contribution in [3.63, 3.8) is 0 Å². The fourth-order valence-electron chi connectivity index (χ4n) is 1.92. The maximum absolute atomic E-state index is 8.90. The van der Waals surface area contributed by atoms with Crippen LogP contribution in [0.2, 0.25) is 5.02 Å². The molecule has 138 valence electrons. The topological polar surface area (TPSA) is 73.6 Å². The number of nitrogens with one attached hydrogen (secondary N) is 2. The second kappa shape index (κ2) is 12.9. The van der Waals surface area contributed by atoms with Crippen LogP contribution in [0.25, 0.3) is 0 Å². The van der Waals surface area contributed by atoms with Gasteiger partial charge in [-0.15, -0.1) is 11.3 Å². The number of halogens is 1. The predicted molar refractivity (Wildman–Crippen MR) is 113 cm³/mol. The third-order valence-corrected chi connectivity index (χ3v) is 6.36. The minimum atomic E-state index is 0.704. The fourth-order valence-corrected chi connectivity index (χ4v) is 4.57. The van der Waals surface area contributed by atoms with Crippen LogP contribution in [-0.2, 0) is 11.5 Å². The molecule has 2 heterocycles. The van der Waals surface area contributed by atoms with Crippen molar-refractivity contribution >= 4 is 46.5 Å². The van der Waals surface area contributed by atoms with Crippen LogP contribution in [0.3, 0.4) is 0 Å². The molecule has 2 N–H and O–H groups in total. The molecule has 0 radical (unpaired) electrons. The molecule has 0 fully saturated rings. The molecular weight excluding hydrogens is 406 g/mol. The number of rotatable bonds is 12. The highest BCUT2D eigenvalue weighted by Crippen LogP contribution is 2.18. The number of allylic oxidation sites excluding steroid dienone is 1. The summed E-state index contributed by atoms with van der Waals surface area (Å²) in [6, 6.07) is 5.75. The smallest absolute Gasteiger partial charge is 0.109 e. The Balaban J connectivity index is 1.57. The molecule has 2 aromatic rings. The first-order chi connectivity index (χ1) is 12.8. The van der Waals surface area contributed by atoms with E-state index < -0.39 is 0 Å². The molecule has 0 amide bonds. The Morgan fingerprint density at radius 1 is 1.19 bits per heavy atom. The van der Waals surface area contributed by atoms with Crippen LogP contribution >= 0.6 is 46.5 Å². The molecule has 0 spiro atoms. The zero-order chi connectivity index (χ0) is 18.5. The highest BCUT2D eigenvalue weighted by Gasteiger charge is 2.01. The number of pyridine rings is 1. The van der Waals surface area contributed by atoms with Crippen LogP contribution in [0.5, 0.6) is 0 Å². The molecule has 9 heteroatoms. The Labute approximate surface area is 171 Å². The van der Waals surface area contributed by atoms with E-state index in [1.54, 1.807) is 29.3 Å². The lowest BCUT2D eigenvalue weighted by atomic mass is 10.4. The molecular formula is C17H20ClN5S3. The average molecular weight is 426 g/mol. The molecule has 26 heavy (non-hydrogen) atoms. The van der Waals surface area contributed by atoms with Gasteiger partial charge in [0.25, 0.3) is 0 Å². The fraction of sp³-hybridized carbons (Fsp3) is 0.353. The summed E-state index contributed by atoms with van der Waals surface area (Å²) < 4.78 is 0. The highest BCUT2D eigenvalue weighted by atomic mass is 35.5. The summed E-state index contributed by atoms with van der Waals surface area (Å²) in [5, 5.41) is 19.3. The van der Waals surface area contributed by atoms with Crippen LogP contribution < -0.4 is 10.6 Å². The molecule has 0 saturated carbocycles. The van der Waals surface area contributed by atoms with Crippen LogP contribution in [0.1, 0.15) is 10.7 Å². The zero-order valence-electron chi connectivity index (χ0n) is 14.2. The van der Waals surface area contributed by atoms with E-state index in [-0.39, 0.29) is 0 Å². The van der Waals surface area contributed by atoms with Gasteiger partial charge < -0.3 is 10.6 Å². The molecule has 0 unspecified atom stereocenters. The maximum Gasteiger partial charge on any atom is 0.109 e. The van der Waals surface area contributed by atoms with Crippen LogP contribution in [-0.4, -0.2) is 34.6 Å². The Morgan fingerprint density at radius 3 is 2.62 bits per heavy atom. The lowest BCUT2D eigenvalue weighted by Crippen LogP contribution is -2.29. The van der Waals surface area contributed by atoms with Crippen molar-refractivity contribution in [1.82, 2.24) is 20.6 Å². The monoisotopic (exact) mass is 425 g/mol. The molecule has 0 aliphatic carbocycles. The van der Waals surface area contributed by atoms with Gasteiger partial charge in [-0.05, 0) is 12.1 Å². The summed E-state index contributed by atoms with van der Waals surface area (Å²) in [4.78, 5) is 8.53. The predicted octanol–water partition coefficient (Wildman–Crippen LogP) is 3.90. The van der Waals surface area contributed by atoms with E-state index in [0.29, 0.717) is 5.02 Å². The van der Waals surface area contributed by atoms with Gasteiger partial charge in [0, 0.05) is 53.9 Å². The number of thioether (sulfide) groups is 2. The van der Waals surface area contributed by atoms with E-state index in [1.807, 2.05) is 35.5 Å². The van der Waals surface area contributed by atoms with Gasteiger partial charge in [0.05, 0.1) is 22.9 Å². The number of aromatic nitrogens is 2. The Hall–Kier alpha value is -1.40. The molecule has 0 bridgehead atoms. The highest BCUT2D eigenvalue weighted by molar-refractivity contribution is 7.98. The number of nitrogens with zero attached hydrogens (tertiary/aromatic N) is 3. The molecule has 0 aliphatic rings. The van der Waals surface area contributed by atoms with Crippen molar-refractivity contribution in [2.24, 2.45) is 0 Å². The summed E-state index contributed by atoms with van der Waals surface area (Å²) in [6.45, 7) is 1.56. The summed E-state index contributed by atoms with van der Waals surface area (Å²) in [6.07, 6.45) is 5.09. The van der Waals surface area contributed by atoms with Crippen LogP contribution in [0, 0.1) is 11.3 Å². The molecule has 5 nitrogen and oxygen atoms in total. The number of nitriles is 1. The third kappa shape index (κ3) is 8.32. The van der Waals surface area contributed by atoms with Gasteiger partial charge in [0.15, 0.2) is 0 Å². The van der Waals surface area contributed by atoms with Gasteiger partial charge in [-0.1, -0.05) is 11.6 Å². The SMILES string of the molecule is N#CC=C(NCCSCc1nccs1)NCCSCc1ncccc1Cl. The van der Waals surface area contributed by atoms with Gasteiger partial charge in [-0.25, -0.2) is 4.98 Å². The standard InChI is InChI=1S/C17H20ClN5S3/c18-14-2-1-5-20-15(14)12-24-9-6-21-16(3-4-19)22-7-10-25-13-17-23-8-11-26-17/h1-3,5,8,11,21-22H,6-7,9-10,12-13H2. The van der Waals surface area contributed by atoms with Crippen molar-refractivity contribution < 1.29 is 0 Å². The first-order valence-electron chi connectivity index (χ1n) is 8.00. The van der Waals surface area contributed by atoms with Gasteiger partial charge in [0.1, 0.15) is 10.8 Å². The van der Waals surface area contributed by atoms with Gasteiger partial charge in [-0.3, -0.25) is 4.98 Å². The van der Waals surface area contributed by atoms with Crippen molar-refractivity contribution in [2.75, 3.05) is 24.6 Å². The molecule has 0 saturated heterocycles. The van der Waals surface area contributed by atoms with Gasteiger partial charge in [0.2, 0.25) is 0 Å². The second-order valence-electron chi connectivity index (χ2n) is 5.00. The van der Waals surface area contributed by atoms with E-state index >= 15 is 0 Å². The molecule has 2 aromatic heterocycles. The summed E-state index contributed by atoms with van der Waals surface area (Å²) in [7, 11) is 0. The quantitative estimate of drug-likeness (QED) is 0.394. The Morgan fingerprint density at radius 2 is 1.96 bits per heavy atom.